The summed E-state index contributed by atoms with van der Waals surface area (Å²) in [7, 11) is 0. The van der Waals surface area contributed by atoms with Crippen LogP contribution in [0.15, 0.2) is 30.3 Å². The molecule has 2 heteroatoms. The monoisotopic (exact) mass is 170 g/mol. The lowest BCUT2D eigenvalue weighted by molar-refractivity contribution is 0.177. The lowest BCUT2D eigenvalue weighted by Crippen LogP contribution is -2.07. The highest BCUT2D eigenvalue weighted by Gasteiger charge is 2.11. The van der Waals surface area contributed by atoms with Crippen LogP contribution in [0.3, 0.4) is 0 Å². The Bertz CT molecular complexity index is 208. The van der Waals surface area contributed by atoms with E-state index in [9.17, 15) is 5.11 Å². The molecule has 0 aliphatic heterocycles. The third-order valence-corrected chi connectivity index (χ3v) is 1.81. The van der Waals surface area contributed by atoms with E-state index in [2.05, 4.69) is 0 Å². The van der Waals surface area contributed by atoms with Gasteiger partial charge in [-0.05, 0) is 12.5 Å². The first kappa shape index (κ1) is 8.57. The van der Waals surface area contributed by atoms with E-state index in [1.165, 1.54) is 0 Å². The van der Waals surface area contributed by atoms with Crippen molar-refractivity contribution in [3.8, 4) is 0 Å². The van der Waals surface area contributed by atoms with E-state index < -0.39 is 6.10 Å². The predicted octanol–water partition coefficient (Wildman–Crippen LogP) is 2.35. The first-order valence-electron chi connectivity index (χ1n) is 3.59. The summed E-state index contributed by atoms with van der Waals surface area (Å²) < 4.78 is 0. The van der Waals surface area contributed by atoms with Gasteiger partial charge in [-0.2, -0.15) is 0 Å². The Labute approximate surface area is 71.6 Å². The Balaban J connectivity index is 2.77. The Kier molecular flexibility index (Phi) is 2.92. The SMILES string of the molecule is C[C@@H](Cl)C(O)c1ccccc1. The average molecular weight is 171 g/mol. The molecule has 0 spiro atoms. The van der Waals surface area contributed by atoms with Crippen LogP contribution in [0.4, 0.5) is 0 Å². The maximum Gasteiger partial charge on any atom is 0.0950 e. The smallest absolute Gasteiger partial charge is 0.0950 e. The van der Waals surface area contributed by atoms with Gasteiger partial charge in [-0.3, -0.25) is 0 Å². The molecule has 0 bridgehead atoms. The molecule has 0 saturated carbocycles. The molecule has 60 valence electrons. The molecule has 0 aromatic heterocycles. The largest absolute Gasteiger partial charge is 0.387 e. The maximum atomic E-state index is 9.47. The van der Waals surface area contributed by atoms with Gasteiger partial charge in [-0.1, -0.05) is 30.3 Å². The molecule has 0 fully saturated rings. The molecule has 0 amide bonds. The second-order valence-corrected chi connectivity index (χ2v) is 3.22. The van der Waals surface area contributed by atoms with Crippen LogP contribution in [0, 0.1) is 0 Å². The molecule has 1 unspecified atom stereocenters. The molecule has 0 aliphatic carbocycles. The minimum Gasteiger partial charge on any atom is -0.387 e. The molecule has 1 aromatic carbocycles. The van der Waals surface area contributed by atoms with Gasteiger partial charge in [-0.15, -0.1) is 11.6 Å². The summed E-state index contributed by atoms with van der Waals surface area (Å²) in [6.45, 7) is 1.78. The minimum atomic E-state index is -0.558. The van der Waals surface area contributed by atoms with E-state index in [4.69, 9.17) is 11.6 Å². The van der Waals surface area contributed by atoms with Crippen LogP contribution >= 0.6 is 11.6 Å². The Morgan fingerprint density at radius 3 is 2.27 bits per heavy atom. The molecule has 1 rings (SSSR count). The summed E-state index contributed by atoms with van der Waals surface area (Å²) in [4.78, 5) is 0. The van der Waals surface area contributed by atoms with Crippen LogP contribution in [0.5, 0.6) is 0 Å². The summed E-state index contributed by atoms with van der Waals surface area (Å²) in [6, 6.07) is 9.41. The van der Waals surface area contributed by atoms with Gasteiger partial charge >= 0.3 is 0 Å². The number of hydrogen-bond acceptors (Lipinski definition) is 1. The predicted molar refractivity (Wildman–Crippen MR) is 46.7 cm³/mol. The average Bonchev–Trinajstić information content (AvgIpc) is 2.05. The van der Waals surface area contributed by atoms with Crippen molar-refractivity contribution in [1.29, 1.82) is 0 Å². The van der Waals surface area contributed by atoms with Crippen molar-refractivity contribution in [2.24, 2.45) is 0 Å². The zero-order valence-electron chi connectivity index (χ0n) is 6.37. The molecule has 1 aromatic rings. The topological polar surface area (TPSA) is 20.2 Å². The quantitative estimate of drug-likeness (QED) is 0.676. The zero-order valence-corrected chi connectivity index (χ0v) is 7.12. The van der Waals surface area contributed by atoms with Crippen molar-refractivity contribution in [3.63, 3.8) is 0 Å². The molecule has 11 heavy (non-hydrogen) atoms. The summed E-state index contributed by atoms with van der Waals surface area (Å²) in [5, 5.41) is 9.23. The molecule has 0 aliphatic rings. The fraction of sp³-hybridized carbons (Fsp3) is 0.333. The number of halogens is 1. The van der Waals surface area contributed by atoms with E-state index >= 15 is 0 Å². The van der Waals surface area contributed by atoms with E-state index in [-0.39, 0.29) is 5.38 Å². The third-order valence-electron chi connectivity index (χ3n) is 1.58. The minimum absolute atomic E-state index is 0.239. The molecule has 1 nitrogen and oxygen atoms in total. The van der Waals surface area contributed by atoms with E-state index in [1.807, 2.05) is 30.3 Å². The van der Waals surface area contributed by atoms with Crippen molar-refractivity contribution < 1.29 is 5.11 Å². The first-order chi connectivity index (χ1) is 5.22. The van der Waals surface area contributed by atoms with Crippen LogP contribution in [0.1, 0.15) is 18.6 Å². The van der Waals surface area contributed by atoms with Crippen LogP contribution < -0.4 is 0 Å². The number of benzene rings is 1. The van der Waals surface area contributed by atoms with Crippen LogP contribution in [0.2, 0.25) is 0 Å². The molecule has 1 N–H and O–H groups in total. The Hall–Kier alpha value is -0.530. The molecule has 2 atom stereocenters. The number of rotatable bonds is 2. The van der Waals surface area contributed by atoms with Gasteiger partial charge in [0.15, 0.2) is 0 Å². The van der Waals surface area contributed by atoms with Crippen molar-refractivity contribution in [2.75, 3.05) is 0 Å². The molecular weight excluding hydrogens is 160 g/mol. The molecule has 0 heterocycles. The fourth-order valence-corrected chi connectivity index (χ4v) is 1.06. The zero-order chi connectivity index (χ0) is 8.27. The van der Waals surface area contributed by atoms with Gasteiger partial charge in [0.2, 0.25) is 0 Å². The van der Waals surface area contributed by atoms with E-state index in [0.29, 0.717) is 0 Å². The summed E-state index contributed by atoms with van der Waals surface area (Å²) in [5.74, 6) is 0. The molecule has 0 radical (unpaired) electrons. The lowest BCUT2D eigenvalue weighted by atomic mass is 10.1. The van der Waals surface area contributed by atoms with Gasteiger partial charge in [0.1, 0.15) is 0 Å². The molecule has 0 saturated heterocycles. The number of alkyl halides is 1. The van der Waals surface area contributed by atoms with E-state index in [1.54, 1.807) is 6.92 Å². The number of aliphatic hydroxyl groups is 1. The summed E-state index contributed by atoms with van der Waals surface area (Å²) in [6.07, 6.45) is -0.558. The van der Waals surface area contributed by atoms with Gasteiger partial charge in [0, 0.05) is 0 Å². The fourth-order valence-electron chi connectivity index (χ4n) is 0.915. The van der Waals surface area contributed by atoms with Crippen molar-refractivity contribution >= 4 is 11.6 Å². The van der Waals surface area contributed by atoms with Crippen LogP contribution in [-0.2, 0) is 0 Å². The highest BCUT2D eigenvalue weighted by molar-refractivity contribution is 6.20. The third kappa shape index (κ3) is 2.21. The standard InChI is InChI=1S/C9H11ClO/c1-7(10)9(11)8-5-3-2-4-6-8/h2-7,9,11H,1H3/t7-,9?/m1/s1. The highest BCUT2D eigenvalue weighted by atomic mass is 35.5. The summed E-state index contributed by atoms with van der Waals surface area (Å²) in [5.41, 5.74) is 0.870. The first-order valence-corrected chi connectivity index (χ1v) is 4.02. The lowest BCUT2D eigenvalue weighted by Gasteiger charge is -2.12. The van der Waals surface area contributed by atoms with Crippen molar-refractivity contribution in [3.05, 3.63) is 35.9 Å². The number of aliphatic hydroxyl groups excluding tert-OH is 1. The Morgan fingerprint density at radius 2 is 1.82 bits per heavy atom. The van der Waals surface area contributed by atoms with Crippen LogP contribution in [0.25, 0.3) is 0 Å². The normalized spacial score (nSPS) is 15.9. The number of hydrogen-bond donors (Lipinski definition) is 1. The second-order valence-electron chi connectivity index (χ2n) is 2.53. The highest BCUT2D eigenvalue weighted by Crippen LogP contribution is 2.19. The molecular formula is C9H11ClO. The van der Waals surface area contributed by atoms with Crippen molar-refractivity contribution in [1.82, 2.24) is 0 Å². The maximum absolute atomic E-state index is 9.47. The van der Waals surface area contributed by atoms with Gasteiger partial charge in [-0.25, -0.2) is 0 Å². The summed E-state index contributed by atoms with van der Waals surface area (Å²) >= 11 is 5.71. The van der Waals surface area contributed by atoms with Gasteiger partial charge in [0.25, 0.3) is 0 Å². The van der Waals surface area contributed by atoms with Gasteiger partial charge < -0.3 is 5.11 Å². The van der Waals surface area contributed by atoms with E-state index in [0.717, 1.165) is 5.56 Å². The Morgan fingerprint density at radius 1 is 1.27 bits per heavy atom. The van der Waals surface area contributed by atoms with Crippen LogP contribution in [-0.4, -0.2) is 10.5 Å². The van der Waals surface area contributed by atoms with Gasteiger partial charge in [0.05, 0.1) is 11.5 Å². The second kappa shape index (κ2) is 3.74. The van der Waals surface area contributed by atoms with Crippen molar-refractivity contribution in [2.45, 2.75) is 18.4 Å².